The van der Waals surface area contributed by atoms with E-state index in [1.54, 1.807) is 0 Å². The van der Waals surface area contributed by atoms with Crippen molar-refractivity contribution in [2.45, 2.75) is 26.1 Å². The van der Waals surface area contributed by atoms with Crippen LogP contribution in [0.1, 0.15) is 30.0 Å². The summed E-state index contributed by atoms with van der Waals surface area (Å²) in [5.41, 5.74) is 3.40. The molecule has 0 fully saturated rings. The summed E-state index contributed by atoms with van der Waals surface area (Å²) in [7, 11) is -3.29. The Bertz CT molecular complexity index is 1410. The van der Waals surface area contributed by atoms with E-state index in [-0.39, 0.29) is 13.1 Å². The molecule has 0 bridgehead atoms. The highest BCUT2D eigenvalue weighted by atomic mass is 35.5. The lowest BCUT2D eigenvalue weighted by Crippen LogP contribution is -2.24. The SMILES string of the molecule is CC(On1nc(-c2nc3c([nH]2)CN(S(C)(=O)=O)C3)c2ccccc21)c1c(Cl)cncc1Cl. The molecule has 0 radical (unpaired) electrons. The van der Waals surface area contributed by atoms with Gasteiger partial charge in [0.2, 0.25) is 10.0 Å². The van der Waals surface area contributed by atoms with Gasteiger partial charge in [-0.1, -0.05) is 46.2 Å². The summed E-state index contributed by atoms with van der Waals surface area (Å²) in [5, 5.41) is 6.27. The maximum absolute atomic E-state index is 11.8. The van der Waals surface area contributed by atoms with E-state index < -0.39 is 16.1 Å². The van der Waals surface area contributed by atoms with Gasteiger partial charge in [-0.2, -0.15) is 4.31 Å². The molecule has 1 N–H and O–H groups in total. The Morgan fingerprint density at radius 2 is 1.88 bits per heavy atom. The average Bonchev–Trinajstić information content (AvgIpc) is 3.39. The monoisotopic (exact) mass is 492 g/mol. The van der Waals surface area contributed by atoms with E-state index in [4.69, 9.17) is 28.0 Å². The van der Waals surface area contributed by atoms with E-state index in [1.165, 1.54) is 27.8 Å². The highest BCUT2D eigenvalue weighted by Crippen LogP contribution is 2.33. The first-order valence-corrected chi connectivity index (χ1v) is 12.3. The standard InChI is InChI=1S/C20H18Cl2N6O3S/c1-11(18-13(21)7-23-8-14(18)22)31-28-17-6-4-3-5-12(17)19(26-28)20-24-15-9-27(32(2,29)30)10-16(15)25-20/h3-8,11H,9-10H2,1-2H3,(H,24,25). The summed E-state index contributed by atoms with van der Waals surface area (Å²) >= 11 is 12.6. The number of H-pyrrole nitrogens is 1. The molecule has 5 rings (SSSR count). The number of imidazole rings is 1. The van der Waals surface area contributed by atoms with E-state index in [0.717, 1.165) is 16.6 Å². The molecule has 0 spiro atoms. The summed E-state index contributed by atoms with van der Waals surface area (Å²) in [6.45, 7) is 2.31. The lowest BCUT2D eigenvalue weighted by atomic mass is 10.2. The lowest BCUT2D eigenvalue weighted by Gasteiger charge is -2.16. The zero-order valence-electron chi connectivity index (χ0n) is 17.1. The highest BCUT2D eigenvalue weighted by Gasteiger charge is 2.30. The number of rotatable bonds is 5. The van der Waals surface area contributed by atoms with Crippen molar-refractivity contribution in [2.24, 2.45) is 0 Å². The second-order valence-corrected chi connectivity index (χ2v) is 10.3. The quantitative estimate of drug-likeness (QED) is 0.456. The molecule has 0 saturated carbocycles. The van der Waals surface area contributed by atoms with Crippen LogP contribution in [0.5, 0.6) is 0 Å². The van der Waals surface area contributed by atoms with Gasteiger partial charge in [-0.25, -0.2) is 13.4 Å². The Morgan fingerprint density at radius 1 is 1.16 bits per heavy atom. The number of pyridine rings is 1. The van der Waals surface area contributed by atoms with Gasteiger partial charge in [0, 0.05) is 23.3 Å². The number of hydrogen-bond donors (Lipinski definition) is 1. The van der Waals surface area contributed by atoms with Gasteiger partial charge in [-0.15, -0.1) is 5.10 Å². The molecule has 4 aromatic rings. The zero-order valence-corrected chi connectivity index (χ0v) is 19.4. The van der Waals surface area contributed by atoms with E-state index in [2.05, 4.69) is 20.1 Å². The molecule has 0 aliphatic carbocycles. The van der Waals surface area contributed by atoms with Crippen molar-refractivity contribution in [2.75, 3.05) is 6.26 Å². The van der Waals surface area contributed by atoms with Crippen LogP contribution in [0.25, 0.3) is 22.4 Å². The fourth-order valence-corrected chi connectivity index (χ4v) is 5.15. The first-order chi connectivity index (χ1) is 15.2. The smallest absolute Gasteiger partial charge is 0.211 e. The van der Waals surface area contributed by atoms with Crippen molar-refractivity contribution in [1.82, 2.24) is 29.2 Å². The predicted octanol–water partition coefficient (Wildman–Crippen LogP) is 3.59. The molecule has 9 nitrogen and oxygen atoms in total. The largest absolute Gasteiger partial charge is 0.388 e. The summed E-state index contributed by atoms with van der Waals surface area (Å²) in [4.78, 5) is 19.3. The number of fused-ring (bicyclic) bond motifs is 2. The highest BCUT2D eigenvalue weighted by molar-refractivity contribution is 7.88. The van der Waals surface area contributed by atoms with Gasteiger partial charge in [0.15, 0.2) is 11.9 Å². The molecule has 166 valence electrons. The van der Waals surface area contributed by atoms with E-state index in [0.29, 0.717) is 32.8 Å². The van der Waals surface area contributed by atoms with Gasteiger partial charge >= 0.3 is 0 Å². The second kappa shape index (κ2) is 7.73. The second-order valence-electron chi connectivity index (χ2n) is 7.54. The number of aromatic amines is 1. The Balaban J connectivity index is 1.51. The molecule has 1 atom stereocenters. The van der Waals surface area contributed by atoms with Crippen LogP contribution in [-0.4, -0.2) is 43.9 Å². The predicted molar refractivity (Wildman–Crippen MR) is 121 cm³/mol. The van der Waals surface area contributed by atoms with Crippen molar-refractivity contribution in [3.05, 3.63) is 63.7 Å². The van der Waals surface area contributed by atoms with Gasteiger partial charge < -0.3 is 9.82 Å². The molecule has 32 heavy (non-hydrogen) atoms. The van der Waals surface area contributed by atoms with E-state index in [9.17, 15) is 8.42 Å². The number of halogens is 2. The number of hydrogen-bond acceptors (Lipinski definition) is 6. The molecule has 0 saturated heterocycles. The molecule has 0 amide bonds. The van der Waals surface area contributed by atoms with Crippen LogP contribution in [-0.2, 0) is 23.1 Å². The molecule has 3 aromatic heterocycles. The maximum atomic E-state index is 11.8. The molecule has 1 unspecified atom stereocenters. The van der Waals surface area contributed by atoms with Crippen molar-refractivity contribution < 1.29 is 13.3 Å². The van der Waals surface area contributed by atoms with Crippen LogP contribution < -0.4 is 4.84 Å². The topological polar surface area (TPSA) is 106 Å². The van der Waals surface area contributed by atoms with Crippen LogP contribution >= 0.6 is 23.2 Å². The third-order valence-corrected chi connectivity index (χ3v) is 7.13. The molecule has 1 aliphatic rings. The van der Waals surface area contributed by atoms with Crippen LogP contribution in [0, 0.1) is 0 Å². The molecular formula is C20H18Cl2N6O3S. The number of nitrogens with zero attached hydrogens (tertiary/aromatic N) is 5. The van der Waals surface area contributed by atoms with Gasteiger partial charge in [0.1, 0.15) is 11.2 Å². The third-order valence-electron chi connectivity index (χ3n) is 5.33. The number of aromatic nitrogens is 5. The van der Waals surface area contributed by atoms with E-state index >= 15 is 0 Å². The minimum atomic E-state index is -3.29. The van der Waals surface area contributed by atoms with Crippen molar-refractivity contribution in [3.63, 3.8) is 0 Å². The van der Waals surface area contributed by atoms with Crippen LogP contribution in [0.4, 0.5) is 0 Å². The number of benzene rings is 1. The Morgan fingerprint density at radius 3 is 2.56 bits per heavy atom. The minimum Gasteiger partial charge on any atom is -0.388 e. The molecule has 1 aromatic carbocycles. The van der Waals surface area contributed by atoms with Gasteiger partial charge in [0.05, 0.1) is 40.8 Å². The fraction of sp³-hybridized carbons (Fsp3) is 0.250. The average molecular weight is 493 g/mol. The summed E-state index contributed by atoms with van der Waals surface area (Å²) in [5.74, 6) is 0.550. The number of para-hydroxylation sites is 1. The first-order valence-electron chi connectivity index (χ1n) is 9.69. The van der Waals surface area contributed by atoms with Gasteiger partial charge in [-0.3, -0.25) is 4.98 Å². The Labute approximate surface area is 193 Å². The van der Waals surface area contributed by atoms with Crippen LogP contribution in [0.15, 0.2) is 36.7 Å². The molecule has 4 heterocycles. The summed E-state index contributed by atoms with van der Waals surface area (Å²) < 4.78 is 25.0. The number of sulfonamides is 1. The third kappa shape index (κ3) is 3.62. The summed E-state index contributed by atoms with van der Waals surface area (Å²) in [6, 6.07) is 7.60. The Hall–Kier alpha value is -2.66. The molecular weight excluding hydrogens is 475 g/mol. The zero-order chi connectivity index (χ0) is 22.6. The maximum Gasteiger partial charge on any atom is 0.211 e. The van der Waals surface area contributed by atoms with E-state index in [1.807, 2.05) is 31.2 Å². The van der Waals surface area contributed by atoms with Gasteiger partial charge in [0.25, 0.3) is 0 Å². The van der Waals surface area contributed by atoms with Crippen molar-refractivity contribution in [3.8, 4) is 11.5 Å². The summed E-state index contributed by atoms with van der Waals surface area (Å²) in [6.07, 6.45) is 3.72. The lowest BCUT2D eigenvalue weighted by molar-refractivity contribution is 0.0332. The van der Waals surface area contributed by atoms with Crippen molar-refractivity contribution >= 4 is 44.1 Å². The Kier molecular flexibility index (Phi) is 5.12. The number of nitrogens with one attached hydrogen (secondary N) is 1. The minimum absolute atomic E-state index is 0.232. The first kappa shape index (κ1) is 21.2. The van der Waals surface area contributed by atoms with Crippen molar-refractivity contribution in [1.29, 1.82) is 0 Å². The normalized spacial score (nSPS) is 15.2. The van der Waals surface area contributed by atoms with Crippen LogP contribution in [0.2, 0.25) is 10.0 Å². The van der Waals surface area contributed by atoms with Crippen LogP contribution in [0.3, 0.4) is 0 Å². The van der Waals surface area contributed by atoms with Gasteiger partial charge in [-0.05, 0) is 13.0 Å². The molecule has 1 aliphatic heterocycles. The fourth-order valence-electron chi connectivity index (χ4n) is 3.76. The molecule has 12 heteroatoms.